The van der Waals surface area contributed by atoms with Gasteiger partial charge in [-0.3, -0.25) is 9.89 Å². The molecule has 0 aliphatic carbocycles. The minimum absolute atomic E-state index is 0.142. The minimum atomic E-state index is -3.53. The quantitative estimate of drug-likeness (QED) is 0.413. The van der Waals surface area contributed by atoms with E-state index in [4.69, 9.17) is 0 Å². The zero-order valence-electron chi connectivity index (χ0n) is 18.8. The van der Waals surface area contributed by atoms with Gasteiger partial charge in [-0.25, -0.2) is 17.5 Å². The van der Waals surface area contributed by atoms with Crippen LogP contribution in [0.25, 0.3) is 11.3 Å². The number of rotatable bonds is 11. The number of unbranched alkanes of at least 4 members (excludes halogenated alkanes) is 2. The molecule has 9 heteroatoms. The predicted octanol–water partition coefficient (Wildman–Crippen LogP) is 4.00. The molecular weight excluding hydrogens is 443 g/mol. The van der Waals surface area contributed by atoms with Gasteiger partial charge in [-0.15, -0.1) is 0 Å². The number of carbonyl (C=O) groups excluding carboxylic acids is 1. The number of hydrogen-bond donors (Lipinski definition) is 2. The number of nitrogens with zero attached hydrogens (tertiary/aromatic N) is 2. The summed E-state index contributed by atoms with van der Waals surface area (Å²) in [5, 5.41) is 7.26. The van der Waals surface area contributed by atoms with Crippen molar-refractivity contribution in [3.63, 3.8) is 0 Å². The Bertz CT molecular complexity index is 1180. The first-order chi connectivity index (χ1) is 15.8. The molecule has 0 aliphatic heterocycles. The van der Waals surface area contributed by atoms with E-state index in [2.05, 4.69) is 14.9 Å². The van der Waals surface area contributed by atoms with Gasteiger partial charge in [0.15, 0.2) is 0 Å². The van der Waals surface area contributed by atoms with Crippen molar-refractivity contribution in [3.8, 4) is 11.3 Å². The van der Waals surface area contributed by atoms with Gasteiger partial charge in [0, 0.05) is 37.0 Å². The SMILES string of the molecule is CCNS(=O)(=O)c1ccc(C(=O)N(C)CCCCCc2cc(-c3cccc(F)c3)n[nH]2)cc1. The molecule has 0 atom stereocenters. The molecule has 1 heterocycles. The van der Waals surface area contributed by atoms with Crippen molar-refractivity contribution >= 4 is 15.9 Å². The summed E-state index contributed by atoms with van der Waals surface area (Å²) < 4.78 is 39.8. The number of hydrogen-bond acceptors (Lipinski definition) is 4. The van der Waals surface area contributed by atoms with E-state index in [1.165, 1.54) is 36.4 Å². The number of amides is 1. The average Bonchev–Trinajstić information content (AvgIpc) is 3.27. The molecular formula is C24H29FN4O3S. The normalized spacial score (nSPS) is 11.5. The number of benzene rings is 2. The number of aryl methyl sites for hydroxylation is 1. The Morgan fingerprint density at radius 1 is 1.09 bits per heavy atom. The van der Waals surface area contributed by atoms with E-state index < -0.39 is 10.0 Å². The molecule has 3 rings (SSSR count). The number of halogens is 1. The van der Waals surface area contributed by atoms with E-state index >= 15 is 0 Å². The first-order valence-electron chi connectivity index (χ1n) is 11.0. The number of nitrogens with one attached hydrogen (secondary N) is 2. The highest BCUT2D eigenvalue weighted by molar-refractivity contribution is 7.89. The second-order valence-electron chi connectivity index (χ2n) is 7.85. The smallest absolute Gasteiger partial charge is 0.253 e. The van der Waals surface area contributed by atoms with Gasteiger partial charge < -0.3 is 4.90 Å². The van der Waals surface area contributed by atoms with Gasteiger partial charge in [-0.1, -0.05) is 25.5 Å². The van der Waals surface area contributed by atoms with Crippen LogP contribution < -0.4 is 4.72 Å². The first-order valence-corrected chi connectivity index (χ1v) is 12.4. The topological polar surface area (TPSA) is 95.2 Å². The molecule has 0 radical (unpaired) electrons. The van der Waals surface area contributed by atoms with E-state index in [1.807, 2.05) is 12.1 Å². The lowest BCUT2D eigenvalue weighted by atomic mass is 10.1. The number of carbonyl (C=O) groups is 1. The van der Waals surface area contributed by atoms with Gasteiger partial charge in [0.1, 0.15) is 5.82 Å². The summed E-state index contributed by atoms with van der Waals surface area (Å²) in [6.45, 7) is 2.62. The van der Waals surface area contributed by atoms with Crippen molar-refractivity contribution in [2.24, 2.45) is 0 Å². The summed E-state index contributed by atoms with van der Waals surface area (Å²) >= 11 is 0. The van der Waals surface area contributed by atoms with Crippen LogP contribution in [0, 0.1) is 5.82 Å². The summed E-state index contributed by atoms with van der Waals surface area (Å²) in [5.41, 5.74) is 2.91. The van der Waals surface area contributed by atoms with Crippen molar-refractivity contribution in [2.45, 2.75) is 37.5 Å². The summed E-state index contributed by atoms with van der Waals surface area (Å²) in [4.78, 5) is 14.4. The Kier molecular flexibility index (Phi) is 8.35. The maximum atomic E-state index is 13.4. The molecule has 0 unspecified atom stereocenters. The molecule has 0 spiro atoms. The van der Waals surface area contributed by atoms with E-state index in [1.54, 1.807) is 24.9 Å². The number of sulfonamides is 1. The van der Waals surface area contributed by atoms with Gasteiger partial charge in [0.2, 0.25) is 10.0 Å². The fourth-order valence-corrected chi connectivity index (χ4v) is 4.54. The third-order valence-corrected chi connectivity index (χ3v) is 6.85. The van der Waals surface area contributed by atoms with Gasteiger partial charge in [-0.2, -0.15) is 5.10 Å². The summed E-state index contributed by atoms with van der Waals surface area (Å²) in [6.07, 6.45) is 3.54. The van der Waals surface area contributed by atoms with Crippen LogP contribution in [-0.4, -0.2) is 49.6 Å². The summed E-state index contributed by atoms with van der Waals surface area (Å²) in [6, 6.07) is 14.3. The molecule has 7 nitrogen and oxygen atoms in total. The third kappa shape index (κ3) is 6.72. The summed E-state index contributed by atoms with van der Waals surface area (Å²) in [7, 11) is -1.79. The molecule has 2 N–H and O–H groups in total. The van der Waals surface area contributed by atoms with Crippen molar-refractivity contribution in [3.05, 3.63) is 71.7 Å². The second kappa shape index (κ2) is 11.2. The lowest BCUT2D eigenvalue weighted by Gasteiger charge is -2.17. The van der Waals surface area contributed by atoms with Crippen molar-refractivity contribution in [1.82, 2.24) is 19.8 Å². The van der Waals surface area contributed by atoms with Crippen LogP contribution in [0.2, 0.25) is 0 Å². The number of H-pyrrole nitrogens is 1. The molecule has 176 valence electrons. The van der Waals surface area contributed by atoms with Crippen molar-refractivity contribution < 1.29 is 17.6 Å². The monoisotopic (exact) mass is 472 g/mol. The highest BCUT2D eigenvalue weighted by atomic mass is 32.2. The fraction of sp³-hybridized carbons (Fsp3) is 0.333. The standard InChI is InChI=1S/C24H29FN4O3S/c1-3-26-33(31,32)22-13-11-18(12-14-22)24(30)29(2)15-6-4-5-10-21-17-23(28-27-21)19-8-7-9-20(25)16-19/h7-9,11-14,16-17,26H,3-6,10,15H2,1-2H3,(H,27,28). The van der Waals surface area contributed by atoms with E-state index in [0.29, 0.717) is 18.7 Å². The zero-order chi connectivity index (χ0) is 23.8. The third-order valence-electron chi connectivity index (χ3n) is 5.28. The molecule has 0 saturated heterocycles. The van der Waals surface area contributed by atoms with E-state index in [0.717, 1.165) is 42.6 Å². The Labute approximate surface area is 194 Å². The Balaban J connectivity index is 1.42. The Morgan fingerprint density at radius 2 is 1.85 bits per heavy atom. The highest BCUT2D eigenvalue weighted by Crippen LogP contribution is 2.19. The molecule has 0 saturated carbocycles. The Hall–Kier alpha value is -3.04. The lowest BCUT2D eigenvalue weighted by molar-refractivity contribution is 0.0792. The molecule has 2 aromatic carbocycles. The van der Waals surface area contributed by atoms with Crippen LogP contribution in [0.3, 0.4) is 0 Å². The van der Waals surface area contributed by atoms with Gasteiger partial charge in [-0.05, 0) is 61.7 Å². The maximum absolute atomic E-state index is 13.4. The zero-order valence-corrected chi connectivity index (χ0v) is 19.7. The van der Waals surface area contributed by atoms with Crippen LogP contribution in [0.5, 0.6) is 0 Å². The maximum Gasteiger partial charge on any atom is 0.253 e. The molecule has 1 amide bonds. The van der Waals surface area contributed by atoms with E-state index in [9.17, 15) is 17.6 Å². The molecule has 1 aromatic heterocycles. The molecule has 33 heavy (non-hydrogen) atoms. The van der Waals surface area contributed by atoms with Gasteiger partial charge in [0.25, 0.3) is 5.91 Å². The minimum Gasteiger partial charge on any atom is -0.342 e. The van der Waals surface area contributed by atoms with Gasteiger partial charge >= 0.3 is 0 Å². The van der Waals surface area contributed by atoms with Crippen molar-refractivity contribution in [2.75, 3.05) is 20.1 Å². The molecule has 0 aliphatic rings. The van der Waals surface area contributed by atoms with Crippen LogP contribution in [0.1, 0.15) is 42.2 Å². The largest absolute Gasteiger partial charge is 0.342 e. The fourth-order valence-electron chi connectivity index (χ4n) is 3.50. The number of aromatic nitrogens is 2. The van der Waals surface area contributed by atoms with Crippen LogP contribution >= 0.6 is 0 Å². The predicted molar refractivity (Wildman–Crippen MR) is 126 cm³/mol. The van der Waals surface area contributed by atoms with E-state index in [-0.39, 0.29) is 16.6 Å². The van der Waals surface area contributed by atoms with Crippen LogP contribution in [0.15, 0.2) is 59.5 Å². The van der Waals surface area contributed by atoms with Crippen LogP contribution in [0.4, 0.5) is 4.39 Å². The molecule has 0 bridgehead atoms. The van der Waals surface area contributed by atoms with Crippen LogP contribution in [-0.2, 0) is 16.4 Å². The molecule has 3 aromatic rings. The van der Waals surface area contributed by atoms with Gasteiger partial charge in [0.05, 0.1) is 10.6 Å². The van der Waals surface area contributed by atoms with Crippen molar-refractivity contribution in [1.29, 1.82) is 0 Å². The summed E-state index contributed by atoms with van der Waals surface area (Å²) in [5.74, 6) is -0.430. The Morgan fingerprint density at radius 3 is 2.55 bits per heavy atom. The highest BCUT2D eigenvalue weighted by Gasteiger charge is 2.15. The second-order valence-corrected chi connectivity index (χ2v) is 9.62. The first kappa shape index (κ1) is 24.6. The average molecular weight is 473 g/mol. The molecule has 0 fully saturated rings. The lowest BCUT2D eigenvalue weighted by Crippen LogP contribution is -2.28. The number of aromatic amines is 1.